The summed E-state index contributed by atoms with van der Waals surface area (Å²) in [5, 5.41) is 11.3. The highest BCUT2D eigenvalue weighted by atomic mass is 16.4. The summed E-state index contributed by atoms with van der Waals surface area (Å²) in [6, 6.07) is 0. The third kappa shape index (κ3) is 3.53. The average Bonchev–Trinajstić information content (AvgIpc) is 2.70. The molecule has 1 aliphatic rings. The zero-order valence-electron chi connectivity index (χ0n) is 9.54. The summed E-state index contributed by atoms with van der Waals surface area (Å²) in [6.45, 7) is 6.42. The van der Waals surface area contributed by atoms with Gasteiger partial charge in [-0.2, -0.15) is 0 Å². The first-order valence-electron chi connectivity index (χ1n) is 5.32. The SMILES string of the molecule is CC(CNC(=O)C1CC1(C)C)CC(=O)O. The standard InChI is InChI=1S/C11H19NO3/c1-7(4-9(13)14)6-12-10(15)8-5-11(8,2)3/h7-8H,4-6H2,1-3H3,(H,12,15)(H,13,14). The number of carbonyl (C=O) groups excluding carboxylic acids is 1. The molecule has 0 aromatic rings. The van der Waals surface area contributed by atoms with Crippen LogP contribution in [0, 0.1) is 17.3 Å². The first-order valence-corrected chi connectivity index (χ1v) is 5.32. The van der Waals surface area contributed by atoms with Gasteiger partial charge in [0.15, 0.2) is 0 Å². The molecular weight excluding hydrogens is 194 g/mol. The highest BCUT2D eigenvalue weighted by Gasteiger charge is 2.50. The molecule has 0 aliphatic heterocycles. The zero-order valence-corrected chi connectivity index (χ0v) is 9.54. The molecule has 2 N–H and O–H groups in total. The second-order valence-corrected chi connectivity index (χ2v) is 5.19. The average molecular weight is 213 g/mol. The smallest absolute Gasteiger partial charge is 0.303 e. The zero-order chi connectivity index (χ0) is 11.6. The van der Waals surface area contributed by atoms with Gasteiger partial charge in [0.1, 0.15) is 0 Å². The van der Waals surface area contributed by atoms with Gasteiger partial charge in [0.2, 0.25) is 5.91 Å². The molecule has 0 aromatic heterocycles. The predicted octanol–water partition coefficient (Wildman–Crippen LogP) is 1.26. The van der Waals surface area contributed by atoms with Crippen molar-refractivity contribution >= 4 is 11.9 Å². The van der Waals surface area contributed by atoms with Crippen molar-refractivity contribution in [1.29, 1.82) is 0 Å². The minimum Gasteiger partial charge on any atom is -0.481 e. The van der Waals surface area contributed by atoms with E-state index in [1.54, 1.807) is 0 Å². The number of carbonyl (C=O) groups is 2. The predicted molar refractivity (Wildman–Crippen MR) is 56.3 cm³/mol. The number of aliphatic carboxylic acids is 1. The van der Waals surface area contributed by atoms with Crippen LogP contribution in [0.15, 0.2) is 0 Å². The molecule has 4 heteroatoms. The lowest BCUT2D eigenvalue weighted by molar-refractivity contribution is -0.138. The van der Waals surface area contributed by atoms with Crippen LogP contribution in [-0.2, 0) is 9.59 Å². The van der Waals surface area contributed by atoms with Crippen molar-refractivity contribution in [3.8, 4) is 0 Å². The molecule has 4 nitrogen and oxygen atoms in total. The maximum Gasteiger partial charge on any atom is 0.303 e. The Morgan fingerprint density at radius 2 is 2.07 bits per heavy atom. The molecule has 1 aliphatic carbocycles. The number of amides is 1. The van der Waals surface area contributed by atoms with Crippen LogP contribution in [0.3, 0.4) is 0 Å². The number of hydrogen-bond acceptors (Lipinski definition) is 2. The number of rotatable bonds is 5. The van der Waals surface area contributed by atoms with Crippen molar-refractivity contribution in [2.75, 3.05) is 6.54 Å². The fourth-order valence-electron chi connectivity index (χ4n) is 1.68. The van der Waals surface area contributed by atoms with Gasteiger partial charge in [-0.25, -0.2) is 0 Å². The second kappa shape index (κ2) is 4.21. The van der Waals surface area contributed by atoms with Gasteiger partial charge in [0.05, 0.1) is 0 Å². The lowest BCUT2D eigenvalue weighted by Crippen LogP contribution is -2.31. The van der Waals surface area contributed by atoms with Crippen molar-refractivity contribution < 1.29 is 14.7 Å². The number of nitrogens with one attached hydrogen (secondary N) is 1. The third-order valence-electron chi connectivity index (χ3n) is 2.98. The maximum atomic E-state index is 11.6. The Morgan fingerprint density at radius 3 is 2.47 bits per heavy atom. The van der Waals surface area contributed by atoms with E-state index in [0.29, 0.717) is 6.54 Å². The molecular formula is C11H19NO3. The summed E-state index contributed by atoms with van der Waals surface area (Å²) >= 11 is 0. The van der Waals surface area contributed by atoms with Crippen LogP contribution in [0.5, 0.6) is 0 Å². The van der Waals surface area contributed by atoms with Crippen LogP contribution in [0.25, 0.3) is 0 Å². The van der Waals surface area contributed by atoms with E-state index in [1.165, 1.54) is 0 Å². The molecule has 86 valence electrons. The fraction of sp³-hybridized carbons (Fsp3) is 0.818. The number of carboxylic acid groups (broad SMARTS) is 1. The highest BCUT2D eigenvalue weighted by Crippen LogP contribution is 2.51. The molecule has 2 atom stereocenters. The lowest BCUT2D eigenvalue weighted by Gasteiger charge is -2.10. The summed E-state index contributed by atoms with van der Waals surface area (Å²) in [4.78, 5) is 21.9. The highest BCUT2D eigenvalue weighted by molar-refractivity contribution is 5.82. The maximum absolute atomic E-state index is 11.6. The van der Waals surface area contributed by atoms with Crippen molar-refractivity contribution in [2.24, 2.45) is 17.3 Å². The molecule has 0 radical (unpaired) electrons. The van der Waals surface area contributed by atoms with Gasteiger partial charge < -0.3 is 10.4 Å². The van der Waals surface area contributed by atoms with E-state index >= 15 is 0 Å². The molecule has 15 heavy (non-hydrogen) atoms. The number of hydrogen-bond donors (Lipinski definition) is 2. The van der Waals surface area contributed by atoms with E-state index in [9.17, 15) is 9.59 Å². The molecule has 0 bridgehead atoms. The summed E-state index contributed by atoms with van der Waals surface area (Å²) in [7, 11) is 0. The Bertz CT molecular complexity index is 273. The lowest BCUT2D eigenvalue weighted by atomic mass is 10.1. The van der Waals surface area contributed by atoms with Crippen LogP contribution in [0.4, 0.5) is 0 Å². The van der Waals surface area contributed by atoms with Gasteiger partial charge in [-0.05, 0) is 17.8 Å². The second-order valence-electron chi connectivity index (χ2n) is 5.19. The van der Waals surface area contributed by atoms with Crippen molar-refractivity contribution in [1.82, 2.24) is 5.32 Å². The topological polar surface area (TPSA) is 66.4 Å². The van der Waals surface area contributed by atoms with Gasteiger partial charge >= 0.3 is 5.97 Å². The molecule has 2 unspecified atom stereocenters. The Labute approximate surface area is 90.0 Å². The Morgan fingerprint density at radius 1 is 1.53 bits per heavy atom. The Kier molecular flexibility index (Phi) is 3.37. The van der Waals surface area contributed by atoms with E-state index < -0.39 is 5.97 Å². The minimum absolute atomic E-state index is 0.00619. The first-order chi connectivity index (χ1) is 6.83. The van der Waals surface area contributed by atoms with Gasteiger partial charge in [-0.3, -0.25) is 9.59 Å². The van der Waals surface area contributed by atoms with E-state index in [2.05, 4.69) is 19.2 Å². The summed E-state index contributed by atoms with van der Waals surface area (Å²) in [5.74, 6) is -0.636. The van der Waals surface area contributed by atoms with Crippen LogP contribution < -0.4 is 5.32 Å². The van der Waals surface area contributed by atoms with Gasteiger partial charge in [0, 0.05) is 18.9 Å². The van der Waals surface area contributed by atoms with Crippen LogP contribution >= 0.6 is 0 Å². The third-order valence-corrected chi connectivity index (χ3v) is 2.98. The molecule has 0 saturated heterocycles. The summed E-state index contributed by atoms with van der Waals surface area (Å²) < 4.78 is 0. The molecule has 1 rings (SSSR count). The van der Waals surface area contributed by atoms with Gasteiger partial charge in [-0.15, -0.1) is 0 Å². The quantitative estimate of drug-likeness (QED) is 0.722. The van der Waals surface area contributed by atoms with Gasteiger partial charge in [-0.1, -0.05) is 20.8 Å². The van der Waals surface area contributed by atoms with E-state index in [4.69, 9.17) is 5.11 Å². The number of carboxylic acids is 1. The first kappa shape index (κ1) is 12.0. The molecule has 0 aromatic carbocycles. The Hall–Kier alpha value is -1.06. The molecule has 0 heterocycles. The normalized spacial score (nSPS) is 24.3. The van der Waals surface area contributed by atoms with Crippen LogP contribution in [0.2, 0.25) is 0 Å². The molecule has 1 fully saturated rings. The van der Waals surface area contributed by atoms with Gasteiger partial charge in [0.25, 0.3) is 0 Å². The van der Waals surface area contributed by atoms with E-state index in [-0.39, 0.29) is 29.6 Å². The van der Waals surface area contributed by atoms with Crippen molar-refractivity contribution in [2.45, 2.75) is 33.6 Å². The fourth-order valence-corrected chi connectivity index (χ4v) is 1.68. The molecule has 0 spiro atoms. The monoisotopic (exact) mass is 213 g/mol. The van der Waals surface area contributed by atoms with E-state index in [0.717, 1.165) is 6.42 Å². The van der Waals surface area contributed by atoms with Crippen molar-refractivity contribution in [3.05, 3.63) is 0 Å². The largest absolute Gasteiger partial charge is 0.481 e. The van der Waals surface area contributed by atoms with Crippen LogP contribution in [0.1, 0.15) is 33.6 Å². The Balaban J connectivity index is 2.20. The minimum atomic E-state index is -0.816. The van der Waals surface area contributed by atoms with E-state index in [1.807, 2.05) is 6.92 Å². The molecule has 1 saturated carbocycles. The summed E-state index contributed by atoms with van der Waals surface area (Å²) in [6.07, 6.45) is 1.04. The molecule has 1 amide bonds. The van der Waals surface area contributed by atoms with Crippen LogP contribution in [-0.4, -0.2) is 23.5 Å². The summed E-state index contributed by atoms with van der Waals surface area (Å²) in [5.41, 5.74) is 0.139. The van der Waals surface area contributed by atoms with Crippen molar-refractivity contribution in [3.63, 3.8) is 0 Å².